The van der Waals surface area contributed by atoms with Crippen molar-refractivity contribution in [1.82, 2.24) is 20.1 Å². The van der Waals surface area contributed by atoms with E-state index in [1.54, 1.807) is 17.9 Å². The predicted molar refractivity (Wildman–Crippen MR) is 77.0 cm³/mol. The summed E-state index contributed by atoms with van der Waals surface area (Å²) in [6.45, 7) is 1.91. The molecule has 0 spiro atoms. The lowest BCUT2D eigenvalue weighted by Gasteiger charge is -2.03. The van der Waals surface area contributed by atoms with E-state index in [1.165, 1.54) is 0 Å². The van der Waals surface area contributed by atoms with Crippen LogP contribution in [0.1, 0.15) is 16.1 Å². The Labute approximate surface area is 116 Å². The summed E-state index contributed by atoms with van der Waals surface area (Å²) in [6.07, 6.45) is 1.57. The second-order valence-corrected chi connectivity index (χ2v) is 4.51. The highest BCUT2D eigenvalue weighted by atomic mass is 16.1. The van der Waals surface area contributed by atoms with Gasteiger partial charge in [0.2, 0.25) is 0 Å². The number of benzene rings is 1. The summed E-state index contributed by atoms with van der Waals surface area (Å²) in [5.41, 5.74) is 3.09. The average Bonchev–Trinajstić information content (AvgIpc) is 2.84. The van der Waals surface area contributed by atoms with Crippen molar-refractivity contribution in [2.45, 2.75) is 6.92 Å². The fourth-order valence-electron chi connectivity index (χ4n) is 2.16. The Morgan fingerprint density at radius 3 is 2.70 bits per heavy atom. The molecule has 2 heterocycles. The number of hydrogen-bond acceptors (Lipinski definition) is 3. The molecule has 0 fully saturated rings. The monoisotopic (exact) mass is 266 g/mol. The van der Waals surface area contributed by atoms with E-state index in [4.69, 9.17) is 0 Å². The molecule has 0 aliphatic heterocycles. The molecule has 5 heteroatoms. The van der Waals surface area contributed by atoms with E-state index in [0.717, 1.165) is 22.4 Å². The fourth-order valence-corrected chi connectivity index (χ4v) is 2.16. The van der Waals surface area contributed by atoms with E-state index in [9.17, 15) is 4.79 Å². The maximum atomic E-state index is 11.7. The van der Waals surface area contributed by atoms with Gasteiger partial charge in [-0.25, -0.2) is 9.67 Å². The van der Waals surface area contributed by atoms with E-state index >= 15 is 0 Å². The molecule has 5 nitrogen and oxygen atoms in total. The molecule has 3 aromatic rings. The molecule has 1 aromatic carbocycles. The average molecular weight is 266 g/mol. The Bertz CT molecular complexity index is 777. The van der Waals surface area contributed by atoms with Gasteiger partial charge in [-0.1, -0.05) is 18.2 Å². The zero-order valence-electron chi connectivity index (χ0n) is 11.3. The molecule has 3 rings (SSSR count). The van der Waals surface area contributed by atoms with Crippen LogP contribution >= 0.6 is 0 Å². The summed E-state index contributed by atoms with van der Waals surface area (Å²) in [6, 6.07) is 11.6. The lowest BCUT2D eigenvalue weighted by molar-refractivity contribution is 0.0963. The Morgan fingerprint density at radius 1 is 1.25 bits per heavy atom. The number of para-hydroxylation sites is 1. The summed E-state index contributed by atoms with van der Waals surface area (Å²) in [7, 11) is 1.60. The van der Waals surface area contributed by atoms with Gasteiger partial charge < -0.3 is 5.32 Å². The number of aromatic nitrogens is 3. The number of pyridine rings is 1. The van der Waals surface area contributed by atoms with Crippen LogP contribution in [0.4, 0.5) is 0 Å². The number of carbonyl (C=O) groups is 1. The SMILES string of the molecule is CNC(=O)c1cnc2c(c1)c(C)nn2-c1ccccc1. The van der Waals surface area contributed by atoms with Crippen molar-refractivity contribution in [3.05, 3.63) is 53.9 Å². The van der Waals surface area contributed by atoms with Gasteiger partial charge in [0.05, 0.1) is 16.9 Å². The first-order chi connectivity index (χ1) is 9.70. The van der Waals surface area contributed by atoms with E-state index < -0.39 is 0 Å². The number of nitrogens with zero attached hydrogens (tertiary/aromatic N) is 3. The van der Waals surface area contributed by atoms with Crippen LogP contribution in [-0.4, -0.2) is 27.7 Å². The topological polar surface area (TPSA) is 59.8 Å². The van der Waals surface area contributed by atoms with Crippen molar-refractivity contribution in [2.75, 3.05) is 7.05 Å². The Kier molecular flexibility index (Phi) is 2.95. The van der Waals surface area contributed by atoms with Gasteiger partial charge in [0.1, 0.15) is 0 Å². The van der Waals surface area contributed by atoms with Gasteiger partial charge in [-0.2, -0.15) is 5.10 Å². The number of fused-ring (bicyclic) bond motifs is 1. The number of nitrogens with one attached hydrogen (secondary N) is 1. The molecule has 1 N–H and O–H groups in total. The van der Waals surface area contributed by atoms with Crippen LogP contribution in [0.15, 0.2) is 42.6 Å². The van der Waals surface area contributed by atoms with Crippen LogP contribution in [0, 0.1) is 6.92 Å². The van der Waals surface area contributed by atoms with Crippen molar-refractivity contribution >= 4 is 16.9 Å². The zero-order valence-corrected chi connectivity index (χ0v) is 11.3. The molecule has 20 heavy (non-hydrogen) atoms. The first kappa shape index (κ1) is 12.3. The summed E-state index contributed by atoms with van der Waals surface area (Å²) in [5, 5.41) is 7.99. The van der Waals surface area contributed by atoms with Crippen molar-refractivity contribution in [1.29, 1.82) is 0 Å². The lowest BCUT2D eigenvalue weighted by Crippen LogP contribution is -2.17. The van der Waals surface area contributed by atoms with Gasteiger partial charge in [-0.3, -0.25) is 4.79 Å². The molecule has 0 saturated heterocycles. The predicted octanol–water partition coefficient (Wildman–Crippen LogP) is 2.09. The first-order valence-electron chi connectivity index (χ1n) is 6.33. The highest BCUT2D eigenvalue weighted by Crippen LogP contribution is 2.20. The van der Waals surface area contributed by atoms with Crippen LogP contribution in [0.3, 0.4) is 0 Å². The van der Waals surface area contributed by atoms with E-state index in [0.29, 0.717) is 5.56 Å². The quantitative estimate of drug-likeness (QED) is 0.772. The largest absolute Gasteiger partial charge is 0.355 e. The summed E-state index contributed by atoms with van der Waals surface area (Å²) < 4.78 is 1.79. The third-order valence-corrected chi connectivity index (χ3v) is 3.20. The van der Waals surface area contributed by atoms with Crippen LogP contribution in [0.25, 0.3) is 16.7 Å². The summed E-state index contributed by atoms with van der Waals surface area (Å²) in [4.78, 5) is 16.1. The molecule has 0 aliphatic carbocycles. The Hall–Kier alpha value is -2.69. The third kappa shape index (κ3) is 1.93. The summed E-state index contributed by atoms with van der Waals surface area (Å²) >= 11 is 0. The highest BCUT2D eigenvalue weighted by Gasteiger charge is 2.13. The Balaban J connectivity index is 2.20. The maximum Gasteiger partial charge on any atom is 0.252 e. The molecule has 0 unspecified atom stereocenters. The molecule has 0 bridgehead atoms. The van der Waals surface area contributed by atoms with E-state index in [-0.39, 0.29) is 5.91 Å². The second-order valence-electron chi connectivity index (χ2n) is 4.51. The second kappa shape index (κ2) is 4.77. The van der Waals surface area contributed by atoms with E-state index in [1.807, 2.05) is 43.3 Å². The van der Waals surface area contributed by atoms with E-state index in [2.05, 4.69) is 15.4 Å². The van der Waals surface area contributed by atoms with Crippen molar-refractivity contribution in [2.24, 2.45) is 0 Å². The van der Waals surface area contributed by atoms with Crippen LogP contribution in [0.2, 0.25) is 0 Å². The minimum Gasteiger partial charge on any atom is -0.355 e. The highest BCUT2D eigenvalue weighted by molar-refractivity contribution is 5.97. The molecule has 0 aliphatic rings. The molecule has 1 amide bonds. The smallest absolute Gasteiger partial charge is 0.252 e. The maximum absolute atomic E-state index is 11.7. The first-order valence-corrected chi connectivity index (χ1v) is 6.33. The molecule has 100 valence electrons. The number of amides is 1. The summed E-state index contributed by atoms with van der Waals surface area (Å²) in [5.74, 6) is -0.147. The molecule has 2 aromatic heterocycles. The van der Waals surface area contributed by atoms with Gasteiger partial charge in [0.15, 0.2) is 5.65 Å². The minimum absolute atomic E-state index is 0.147. The number of hydrogen-bond donors (Lipinski definition) is 1. The van der Waals surface area contributed by atoms with Gasteiger partial charge in [-0.05, 0) is 25.1 Å². The number of rotatable bonds is 2. The molecule has 0 atom stereocenters. The fraction of sp³-hybridized carbons (Fsp3) is 0.133. The van der Waals surface area contributed by atoms with Crippen molar-refractivity contribution < 1.29 is 4.79 Å². The van der Waals surface area contributed by atoms with Crippen molar-refractivity contribution in [3.63, 3.8) is 0 Å². The van der Waals surface area contributed by atoms with Crippen LogP contribution in [-0.2, 0) is 0 Å². The van der Waals surface area contributed by atoms with Gasteiger partial charge in [-0.15, -0.1) is 0 Å². The number of aryl methyl sites for hydroxylation is 1. The van der Waals surface area contributed by atoms with Gasteiger partial charge in [0, 0.05) is 18.6 Å². The third-order valence-electron chi connectivity index (χ3n) is 3.20. The van der Waals surface area contributed by atoms with Gasteiger partial charge >= 0.3 is 0 Å². The Morgan fingerprint density at radius 2 is 2.00 bits per heavy atom. The lowest BCUT2D eigenvalue weighted by atomic mass is 10.2. The molecular weight excluding hydrogens is 252 g/mol. The molecular formula is C15H14N4O. The van der Waals surface area contributed by atoms with Crippen molar-refractivity contribution in [3.8, 4) is 5.69 Å². The van der Waals surface area contributed by atoms with Gasteiger partial charge in [0.25, 0.3) is 5.91 Å². The normalized spacial score (nSPS) is 10.7. The zero-order chi connectivity index (χ0) is 14.1. The molecule has 0 radical (unpaired) electrons. The molecule has 0 saturated carbocycles. The van der Waals surface area contributed by atoms with Crippen LogP contribution < -0.4 is 5.32 Å². The van der Waals surface area contributed by atoms with Crippen LogP contribution in [0.5, 0.6) is 0 Å². The standard InChI is InChI=1S/C15H14N4O/c1-10-13-8-11(15(20)16-2)9-17-14(13)19(18-10)12-6-4-3-5-7-12/h3-9H,1-2H3,(H,16,20). The number of carbonyl (C=O) groups excluding carboxylic acids is 1. The minimum atomic E-state index is -0.147.